The van der Waals surface area contributed by atoms with Gasteiger partial charge in [0.05, 0.1) is 18.2 Å². The second-order valence-corrected chi connectivity index (χ2v) is 16.8. The summed E-state index contributed by atoms with van der Waals surface area (Å²) in [6, 6.07) is 8.92. The smallest absolute Gasteiger partial charge is 0.315 e. The van der Waals surface area contributed by atoms with Crippen molar-refractivity contribution in [2.45, 2.75) is 154 Å². The van der Waals surface area contributed by atoms with Crippen LogP contribution in [-0.2, 0) is 38.7 Å². The minimum atomic E-state index is -1.01. The molecule has 14 heteroatoms. The maximum Gasteiger partial charge on any atom is 0.315 e. The standard InChI is InChI=1S/C47H58F2N4O8/c1-4-5-6-7-8-9-10-11-12-13-14-18-40(54)59-30-34-17-15-16-33(23-34)24-41(55)60-44-42-46(58)52-29-39(47(22-21-32(52)3)26-31(2)51-61-47)53(42)28-37(43(44)56)45(57)50-27-35-19-20-36(48)25-38(35)49/h15-17,19-20,23,25,28,32,39H,4-14,18,21-22,24,26-27,29-30H2,1-3H3,(H,50,57)/t32-,39+,47-/m0/s1. The minimum absolute atomic E-state index is 0.0182. The summed E-state index contributed by atoms with van der Waals surface area (Å²) < 4.78 is 40.9. The SMILES string of the molecule is CCCCCCCCCCCCCC(=O)OCc1cccc(CC(=O)Oc2c3n(cc(C(=O)NCc4ccc(F)cc4F)c2=O)[C@@H]2CN(C3=O)[C@@H](C)CC[C@]23CC(C)=NO3)c1. The van der Waals surface area contributed by atoms with Crippen molar-refractivity contribution in [1.29, 1.82) is 0 Å². The Morgan fingerprint density at radius 2 is 1.64 bits per heavy atom. The van der Waals surface area contributed by atoms with Crippen LogP contribution in [0.1, 0.15) is 161 Å². The topological polar surface area (TPSA) is 146 Å². The molecule has 0 saturated carbocycles. The van der Waals surface area contributed by atoms with Gasteiger partial charge < -0.3 is 29.1 Å². The number of carbonyl (C=O) groups excluding carboxylic acids is 4. The third kappa shape index (κ3) is 11.3. The molecular weight excluding hydrogens is 787 g/mol. The van der Waals surface area contributed by atoms with Crippen LogP contribution in [0.2, 0.25) is 0 Å². The van der Waals surface area contributed by atoms with Crippen LogP contribution in [0.25, 0.3) is 0 Å². The van der Waals surface area contributed by atoms with E-state index in [1.807, 2.05) is 13.8 Å². The lowest BCUT2D eigenvalue weighted by atomic mass is 9.84. The van der Waals surface area contributed by atoms with E-state index in [9.17, 15) is 32.8 Å². The van der Waals surface area contributed by atoms with Crippen molar-refractivity contribution < 1.29 is 42.3 Å². The zero-order valence-electron chi connectivity index (χ0n) is 35.6. The van der Waals surface area contributed by atoms with E-state index in [4.69, 9.17) is 14.3 Å². The Hall–Kier alpha value is -5.40. The molecule has 12 nitrogen and oxygen atoms in total. The van der Waals surface area contributed by atoms with Gasteiger partial charge in [0.25, 0.3) is 11.8 Å². The highest BCUT2D eigenvalue weighted by molar-refractivity contribution is 6.00. The van der Waals surface area contributed by atoms with Crippen molar-refractivity contribution in [3.05, 3.63) is 98.5 Å². The highest BCUT2D eigenvalue weighted by Gasteiger charge is 2.54. The van der Waals surface area contributed by atoms with Gasteiger partial charge in [-0.05, 0) is 50.3 Å². The highest BCUT2D eigenvalue weighted by Crippen LogP contribution is 2.46. The van der Waals surface area contributed by atoms with Crippen molar-refractivity contribution in [2.24, 2.45) is 5.16 Å². The number of carbonyl (C=O) groups is 4. The summed E-state index contributed by atoms with van der Waals surface area (Å²) >= 11 is 0. The van der Waals surface area contributed by atoms with Crippen LogP contribution in [0.4, 0.5) is 8.78 Å². The third-order valence-corrected chi connectivity index (χ3v) is 12.1. The zero-order chi connectivity index (χ0) is 43.5. The fourth-order valence-electron chi connectivity index (χ4n) is 8.62. The van der Waals surface area contributed by atoms with Crippen LogP contribution in [0.5, 0.6) is 5.75 Å². The number of benzene rings is 2. The number of hydrogen-bond acceptors (Lipinski definition) is 9. The van der Waals surface area contributed by atoms with Gasteiger partial charge in [0.1, 0.15) is 23.8 Å². The number of rotatable bonds is 20. The first-order chi connectivity index (χ1) is 29.4. The predicted molar refractivity (Wildman–Crippen MR) is 225 cm³/mol. The summed E-state index contributed by atoms with van der Waals surface area (Å²) in [5, 5.41) is 6.75. The van der Waals surface area contributed by atoms with Crippen molar-refractivity contribution in [3.8, 4) is 5.75 Å². The first-order valence-electron chi connectivity index (χ1n) is 21.9. The Kier molecular flexibility index (Phi) is 15.5. The van der Waals surface area contributed by atoms with Gasteiger partial charge in [-0.2, -0.15) is 0 Å². The molecule has 1 fully saturated rings. The number of fused-ring (bicyclic) bond motifs is 5. The minimum Gasteiger partial charge on any atom is -0.461 e. The number of nitrogens with one attached hydrogen (secondary N) is 1. The Balaban J connectivity index is 1.14. The van der Waals surface area contributed by atoms with Gasteiger partial charge in [-0.15, -0.1) is 0 Å². The Labute approximate surface area is 356 Å². The number of unbranched alkanes of at least 4 members (excludes halogenated alkanes) is 10. The number of aromatic nitrogens is 1. The Bertz CT molecular complexity index is 2170. The summed E-state index contributed by atoms with van der Waals surface area (Å²) in [5.41, 5.74) is -0.678. The molecule has 4 heterocycles. The molecule has 2 bridgehead atoms. The van der Waals surface area contributed by atoms with Crippen LogP contribution in [0.15, 0.2) is 58.6 Å². The Morgan fingerprint density at radius 3 is 2.33 bits per heavy atom. The second-order valence-electron chi connectivity index (χ2n) is 16.8. The highest BCUT2D eigenvalue weighted by atomic mass is 19.1. The molecule has 1 saturated heterocycles. The normalized spacial score (nSPS) is 19.2. The lowest BCUT2D eigenvalue weighted by molar-refractivity contribution is -0.145. The van der Waals surface area contributed by atoms with E-state index in [1.165, 1.54) is 68.2 Å². The molecule has 6 rings (SSSR count). The molecular formula is C47H58F2N4O8. The molecule has 3 aliphatic heterocycles. The van der Waals surface area contributed by atoms with Crippen LogP contribution in [-0.4, -0.2) is 57.1 Å². The van der Waals surface area contributed by atoms with Crippen molar-refractivity contribution in [3.63, 3.8) is 0 Å². The lowest BCUT2D eigenvalue weighted by Crippen LogP contribution is -2.52. The molecule has 1 N–H and O–H groups in total. The summed E-state index contributed by atoms with van der Waals surface area (Å²) in [6.45, 7) is 5.78. The molecule has 1 spiro atoms. The average molecular weight is 845 g/mol. The van der Waals surface area contributed by atoms with E-state index in [2.05, 4.69) is 17.4 Å². The van der Waals surface area contributed by atoms with E-state index in [1.54, 1.807) is 29.2 Å². The van der Waals surface area contributed by atoms with Crippen molar-refractivity contribution in [2.75, 3.05) is 6.54 Å². The van der Waals surface area contributed by atoms with E-state index in [-0.39, 0.29) is 49.4 Å². The van der Waals surface area contributed by atoms with E-state index in [0.717, 1.165) is 31.0 Å². The largest absolute Gasteiger partial charge is 0.461 e. The summed E-state index contributed by atoms with van der Waals surface area (Å²) in [4.78, 5) is 76.2. The number of ether oxygens (including phenoxy) is 2. The number of esters is 2. The molecule has 2 amide bonds. The molecule has 0 unspecified atom stereocenters. The number of halogens is 2. The molecule has 1 aromatic heterocycles. The molecule has 3 aliphatic rings. The molecule has 0 radical (unpaired) electrons. The Morgan fingerprint density at radius 1 is 0.934 bits per heavy atom. The van der Waals surface area contributed by atoms with Gasteiger partial charge in [0, 0.05) is 49.8 Å². The van der Waals surface area contributed by atoms with Gasteiger partial charge in [-0.3, -0.25) is 24.0 Å². The molecule has 0 aliphatic carbocycles. The maximum absolute atomic E-state index is 14.5. The number of hydrogen-bond donors (Lipinski definition) is 1. The van der Waals surface area contributed by atoms with Crippen molar-refractivity contribution >= 4 is 29.5 Å². The second kappa shape index (κ2) is 20.9. The summed E-state index contributed by atoms with van der Waals surface area (Å²) in [6.07, 6.45) is 15.8. The number of oxime groups is 1. The van der Waals surface area contributed by atoms with Crippen LogP contribution in [0.3, 0.4) is 0 Å². The number of nitrogens with zero attached hydrogens (tertiary/aromatic N) is 3. The maximum atomic E-state index is 14.5. The third-order valence-electron chi connectivity index (χ3n) is 12.1. The van der Waals surface area contributed by atoms with Crippen molar-refractivity contribution in [1.82, 2.24) is 14.8 Å². The van der Waals surface area contributed by atoms with Gasteiger partial charge in [0.15, 0.2) is 11.3 Å². The van der Waals surface area contributed by atoms with Crippen LogP contribution in [0, 0.1) is 11.6 Å². The quantitative estimate of drug-likeness (QED) is 0.0879. The van der Waals surface area contributed by atoms with E-state index in [0.29, 0.717) is 42.9 Å². The molecule has 3 aromatic rings. The monoisotopic (exact) mass is 844 g/mol. The first kappa shape index (κ1) is 45.1. The van der Waals surface area contributed by atoms with Crippen LogP contribution < -0.4 is 15.5 Å². The molecule has 2 aromatic carbocycles. The first-order valence-corrected chi connectivity index (χ1v) is 21.9. The van der Waals surface area contributed by atoms with E-state index < -0.39 is 57.8 Å². The predicted octanol–water partition coefficient (Wildman–Crippen LogP) is 8.66. The van der Waals surface area contributed by atoms with Crippen LogP contribution >= 0.6 is 0 Å². The van der Waals surface area contributed by atoms with Gasteiger partial charge in [0.2, 0.25) is 11.2 Å². The average Bonchev–Trinajstić information content (AvgIpc) is 3.57. The summed E-state index contributed by atoms with van der Waals surface area (Å²) in [7, 11) is 0. The van der Waals surface area contributed by atoms with E-state index >= 15 is 0 Å². The fourth-order valence-corrected chi connectivity index (χ4v) is 8.62. The summed E-state index contributed by atoms with van der Waals surface area (Å²) in [5.74, 6) is -4.91. The molecule has 328 valence electrons. The lowest BCUT2D eigenvalue weighted by Gasteiger charge is -2.42. The fraction of sp³-hybridized carbons (Fsp3) is 0.532. The number of amides is 2. The van der Waals surface area contributed by atoms with Gasteiger partial charge in [-0.25, -0.2) is 8.78 Å². The molecule has 61 heavy (non-hydrogen) atoms. The van der Waals surface area contributed by atoms with Gasteiger partial charge >= 0.3 is 11.9 Å². The zero-order valence-corrected chi connectivity index (χ0v) is 35.6. The van der Waals surface area contributed by atoms with Gasteiger partial charge in [-0.1, -0.05) is 107 Å². The molecule has 3 atom stereocenters. The number of pyridine rings is 1.